The highest BCUT2D eigenvalue weighted by Gasteiger charge is 2.40. The number of carbonyl (C=O) groups excluding carboxylic acids is 3. The molecule has 2 atom stereocenters. The van der Waals surface area contributed by atoms with Gasteiger partial charge in [-0.1, -0.05) is 93.5 Å². The summed E-state index contributed by atoms with van der Waals surface area (Å²) in [7, 11) is 0. The van der Waals surface area contributed by atoms with E-state index in [2.05, 4.69) is 5.16 Å². The lowest BCUT2D eigenvalue weighted by Crippen LogP contribution is -2.57. The first-order chi connectivity index (χ1) is 19.1. The predicted molar refractivity (Wildman–Crippen MR) is 149 cm³/mol. The molecule has 0 saturated heterocycles. The van der Waals surface area contributed by atoms with Gasteiger partial charge in [-0.2, -0.15) is 0 Å². The summed E-state index contributed by atoms with van der Waals surface area (Å²) in [5.74, 6) is -1.74. The molecular formula is C30H38N4O6. The molecule has 2 amide bonds. The van der Waals surface area contributed by atoms with Gasteiger partial charge in [0.25, 0.3) is 0 Å². The lowest BCUT2D eigenvalue weighted by molar-refractivity contribution is -0.130. The Hall–Kier alpha value is -4.21. The van der Waals surface area contributed by atoms with Gasteiger partial charge in [0, 0.05) is 6.42 Å². The second kappa shape index (κ2) is 14.3. The van der Waals surface area contributed by atoms with Crippen LogP contribution in [0.4, 0.5) is 4.79 Å². The first kappa shape index (κ1) is 30.3. The monoisotopic (exact) mass is 550 g/mol. The van der Waals surface area contributed by atoms with Crippen LogP contribution in [0.2, 0.25) is 0 Å². The molecule has 3 aromatic rings. The van der Waals surface area contributed by atoms with Crippen LogP contribution in [0.15, 0.2) is 70.0 Å². The van der Waals surface area contributed by atoms with Gasteiger partial charge in [-0.15, -0.1) is 0 Å². The normalized spacial score (nSPS) is 12.8. The molecule has 1 heterocycles. The summed E-state index contributed by atoms with van der Waals surface area (Å²) in [6.07, 6.45) is -0.0804. The Kier molecular flexibility index (Phi) is 10.8. The summed E-state index contributed by atoms with van der Waals surface area (Å²) in [6.45, 7) is 7.17. The van der Waals surface area contributed by atoms with Gasteiger partial charge in [0.2, 0.25) is 5.91 Å². The smallest absolute Gasteiger partial charge is 0.442 e. The molecule has 0 aliphatic heterocycles. The van der Waals surface area contributed by atoms with Gasteiger partial charge in [0.05, 0.1) is 12.6 Å². The molecule has 0 fully saturated rings. The zero-order valence-electron chi connectivity index (χ0n) is 23.5. The summed E-state index contributed by atoms with van der Waals surface area (Å²) in [6, 6.07) is 16.3. The first-order valence-corrected chi connectivity index (χ1v) is 13.5. The number of amides is 2. The van der Waals surface area contributed by atoms with Crippen molar-refractivity contribution in [3.8, 4) is 0 Å². The minimum atomic E-state index is -1.08. The maximum atomic E-state index is 13.9. The average Bonchev–Trinajstić information content (AvgIpc) is 3.25. The third-order valence-electron chi connectivity index (χ3n) is 6.46. The number of rotatable bonds is 14. The zero-order chi connectivity index (χ0) is 29.2. The van der Waals surface area contributed by atoms with Crippen molar-refractivity contribution in [2.75, 3.05) is 0 Å². The predicted octanol–water partition coefficient (Wildman–Crippen LogP) is 3.95. The number of hydrogen-bond acceptors (Lipinski definition) is 7. The molecule has 0 radical (unpaired) electrons. The molecule has 0 aliphatic carbocycles. The summed E-state index contributed by atoms with van der Waals surface area (Å²) in [4.78, 5) is 53.9. The van der Waals surface area contributed by atoms with Gasteiger partial charge in [-0.25, -0.2) is 9.59 Å². The second-order valence-corrected chi connectivity index (χ2v) is 10.7. The van der Waals surface area contributed by atoms with Gasteiger partial charge in [0.15, 0.2) is 11.6 Å². The van der Waals surface area contributed by atoms with Crippen LogP contribution >= 0.6 is 0 Å². The van der Waals surface area contributed by atoms with Crippen LogP contribution in [0.5, 0.6) is 0 Å². The van der Waals surface area contributed by atoms with Crippen molar-refractivity contribution >= 4 is 17.8 Å². The minimum Gasteiger partial charge on any atom is -0.445 e. The van der Waals surface area contributed by atoms with Crippen LogP contribution in [0.25, 0.3) is 0 Å². The highest BCUT2D eigenvalue weighted by molar-refractivity contribution is 5.91. The minimum absolute atomic E-state index is 0.00473. The van der Waals surface area contributed by atoms with Crippen molar-refractivity contribution < 1.29 is 23.6 Å². The van der Waals surface area contributed by atoms with Crippen LogP contribution < -0.4 is 11.5 Å². The highest BCUT2D eigenvalue weighted by atomic mass is 16.6. The summed E-state index contributed by atoms with van der Waals surface area (Å²) < 4.78 is 11.7. The van der Waals surface area contributed by atoms with E-state index in [-0.39, 0.29) is 43.5 Å². The molecule has 2 aromatic carbocycles. The fourth-order valence-corrected chi connectivity index (χ4v) is 4.54. The van der Waals surface area contributed by atoms with Crippen LogP contribution in [0.3, 0.4) is 0 Å². The molecule has 40 heavy (non-hydrogen) atoms. The quantitative estimate of drug-likeness (QED) is 0.321. The molecule has 0 spiro atoms. The van der Waals surface area contributed by atoms with Crippen molar-refractivity contribution in [3.05, 3.63) is 88.2 Å². The Morgan fingerprint density at radius 2 is 1.45 bits per heavy atom. The van der Waals surface area contributed by atoms with E-state index >= 15 is 0 Å². The number of nitrogens with two attached hydrogens (primary N) is 1. The Bertz CT molecular complexity index is 1320. The van der Waals surface area contributed by atoms with E-state index in [0.29, 0.717) is 0 Å². The lowest BCUT2D eigenvalue weighted by atomic mass is 9.94. The fraction of sp³-hybridized carbons (Fsp3) is 0.433. The van der Waals surface area contributed by atoms with E-state index in [4.69, 9.17) is 15.0 Å². The number of ketones is 1. The highest BCUT2D eigenvalue weighted by Crippen LogP contribution is 2.23. The number of aromatic nitrogens is 2. The van der Waals surface area contributed by atoms with Crippen LogP contribution in [-0.2, 0) is 33.9 Å². The molecule has 10 heteroatoms. The fourth-order valence-electron chi connectivity index (χ4n) is 4.54. The first-order valence-electron chi connectivity index (χ1n) is 13.5. The van der Waals surface area contributed by atoms with Gasteiger partial charge in [0.1, 0.15) is 12.6 Å². The third kappa shape index (κ3) is 8.39. The molecule has 0 saturated carbocycles. The molecule has 3 rings (SSSR count). The van der Waals surface area contributed by atoms with E-state index in [1.807, 2.05) is 76.2 Å². The largest absolute Gasteiger partial charge is 0.445 e. The number of nitrogens with zero attached hydrogens (tertiary/aromatic N) is 3. The molecular weight excluding hydrogens is 512 g/mol. The third-order valence-corrected chi connectivity index (χ3v) is 6.46. The summed E-state index contributed by atoms with van der Waals surface area (Å²) in [5.41, 5.74) is 7.43. The SMILES string of the molecule is CC(C)C[C@@H](C(N)=O)N(C(=O)OCc1ccccc1)[C@@H](CC(C)C)C(=O)Cn1c(Cc2ccccc2)noc1=O. The van der Waals surface area contributed by atoms with Crippen molar-refractivity contribution in [2.45, 2.75) is 72.2 Å². The molecule has 0 aliphatic rings. The number of benzene rings is 2. The average molecular weight is 551 g/mol. The zero-order valence-corrected chi connectivity index (χ0v) is 23.5. The van der Waals surface area contributed by atoms with Crippen molar-refractivity contribution in [2.24, 2.45) is 17.6 Å². The van der Waals surface area contributed by atoms with Crippen molar-refractivity contribution in [1.29, 1.82) is 0 Å². The summed E-state index contributed by atoms with van der Waals surface area (Å²) in [5, 5.41) is 3.87. The van der Waals surface area contributed by atoms with Gasteiger partial charge < -0.3 is 10.5 Å². The molecule has 214 valence electrons. The van der Waals surface area contributed by atoms with Gasteiger partial charge >= 0.3 is 11.8 Å². The van der Waals surface area contributed by atoms with E-state index in [9.17, 15) is 19.2 Å². The van der Waals surface area contributed by atoms with Crippen LogP contribution in [0, 0.1) is 11.8 Å². The van der Waals surface area contributed by atoms with E-state index in [1.54, 1.807) is 12.1 Å². The maximum Gasteiger partial charge on any atom is 0.442 e. The molecule has 2 N–H and O–H groups in total. The molecule has 0 bridgehead atoms. The van der Waals surface area contributed by atoms with Gasteiger partial charge in [-0.05, 0) is 35.8 Å². The standard InChI is InChI=1S/C30H38N4O6/c1-20(2)15-24(26(35)18-33-27(32-40-29(33)37)17-22-11-7-5-8-12-22)34(25(28(31)36)16-21(3)4)30(38)39-19-23-13-9-6-10-14-23/h5-14,20-21,24-25H,15-19H2,1-4H3,(H2,31,36)/t24-,25-/m0/s1. The van der Waals surface area contributed by atoms with Gasteiger partial charge in [-0.3, -0.25) is 23.6 Å². The number of primary amides is 1. The topological polar surface area (TPSA) is 138 Å². The van der Waals surface area contributed by atoms with E-state index in [1.165, 1.54) is 4.90 Å². The Morgan fingerprint density at radius 3 is 2.00 bits per heavy atom. The lowest BCUT2D eigenvalue weighted by Gasteiger charge is -2.36. The van der Waals surface area contributed by atoms with Crippen LogP contribution in [0.1, 0.15) is 57.5 Å². The Balaban J connectivity index is 1.95. The second-order valence-electron chi connectivity index (χ2n) is 10.7. The Labute approximate surface area is 234 Å². The number of carbonyl (C=O) groups is 3. The van der Waals surface area contributed by atoms with Crippen molar-refractivity contribution in [1.82, 2.24) is 14.6 Å². The number of Topliss-reactive ketones (excluding diaryl/α,β-unsaturated/α-hetero) is 1. The molecule has 1 aromatic heterocycles. The van der Waals surface area contributed by atoms with E-state index < -0.39 is 42.2 Å². The Morgan fingerprint density at radius 1 is 0.900 bits per heavy atom. The van der Waals surface area contributed by atoms with Crippen LogP contribution in [-0.4, -0.2) is 44.5 Å². The summed E-state index contributed by atoms with van der Waals surface area (Å²) >= 11 is 0. The number of hydrogen-bond donors (Lipinski definition) is 1. The number of ether oxygens (including phenoxy) is 1. The van der Waals surface area contributed by atoms with E-state index in [0.717, 1.165) is 15.7 Å². The van der Waals surface area contributed by atoms with Crippen molar-refractivity contribution in [3.63, 3.8) is 0 Å². The maximum absolute atomic E-state index is 13.9. The molecule has 0 unspecified atom stereocenters. The molecule has 10 nitrogen and oxygen atoms in total.